The summed E-state index contributed by atoms with van der Waals surface area (Å²) in [5.41, 5.74) is -0.184. The minimum Gasteiger partial charge on any atom is -0.391 e. The van der Waals surface area contributed by atoms with Gasteiger partial charge < -0.3 is 10.0 Å². The number of aliphatic hydroxyl groups is 1. The van der Waals surface area contributed by atoms with Crippen LogP contribution in [0.1, 0.15) is 23.6 Å². The summed E-state index contributed by atoms with van der Waals surface area (Å²) in [7, 11) is 0. The Morgan fingerprint density at radius 1 is 1.29 bits per heavy atom. The zero-order chi connectivity index (χ0) is 17.3. The van der Waals surface area contributed by atoms with Crippen LogP contribution in [0, 0.1) is 0 Å². The molecule has 24 heavy (non-hydrogen) atoms. The van der Waals surface area contributed by atoms with Gasteiger partial charge in [0, 0.05) is 12.7 Å². The summed E-state index contributed by atoms with van der Waals surface area (Å²) in [5.74, 6) is -0.276. The molecule has 0 aliphatic carbocycles. The van der Waals surface area contributed by atoms with E-state index >= 15 is 0 Å². The second-order valence-electron chi connectivity index (χ2n) is 5.67. The number of aromatic nitrogens is 3. The normalized spacial score (nSPS) is 21.2. The molecule has 0 radical (unpaired) electrons. The van der Waals surface area contributed by atoms with Gasteiger partial charge in [0.2, 0.25) is 5.91 Å². The van der Waals surface area contributed by atoms with Gasteiger partial charge in [-0.2, -0.15) is 13.2 Å². The van der Waals surface area contributed by atoms with E-state index in [1.807, 2.05) is 0 Å². The van der Waals surface area contributed by atoms with Gasteiger partial charge in [-0.3, -0.25) is 4.79 Å². The van der Waals surface area contributed by atoms with Gasteiger partial charge in [-0.1, -0.05) is 17.3 Å². The lowest BCUT2D eigenvalue weighted by Gasteiger charge is -2.25. The maximum atomic E-state index is 12.7. The zero-order valence-electron chi connectivity index (χ0n) is 12.5. The van der Waals surface area contributed by atoms with Crippen LogP contribution in [0.3, 0.4) is 0 Å². The van der Waals surface area contributed by atoms with E-state index in [-0.39, 0.29) is 25.4 Å². The van der Waals surface area contributed by atoms with Crippen molar-refractivity contribution in [1.82, 2.24) is 19.9 Å². The first kappa shape index (κ1) is 16.4. The van der Waals surface area contributed by atoms with Gasteiger partial charge in [0.1, 0.15) is 6.54 Å². The first-order valence-corrected chi connectivity index (χ1v) is 7.33. The van der Waals surface area contributed by atoms with E-state index in [0.29, 0.717) is 5.56 Å². The molecule has 3 rings (SSSR count). The summed E-state index contributed by atoms with van der Waals surface area (Å²) >= 11 is 0. The second kappa shape index (κ2) is 6.23. The fraction of sp³-hybridized carbons (Fsp3) is 0.400. The summed E-state index contributed by atoms with van der Waals surface area (Å²) < 4.78 is 39.3. The third kappa shape index (κ3) is 3.40. The molecule has 1 N–H and O–H groups in total. The number of hydrogen-bond donors (Lipinski definition) is 1. The molecule has 0 unspecified atom stereocenters. The van der Waals surface area contributed by atoms with Crippen molar-refractivity contribution < 1.29 is 23.1 Å². The van der Waals surface area contributed by atoms with Crippen LogP contribution in [-0.2, 0) is 17.5 Å². The van der Waals surface area contributed by atoms with E-state index in [2.05, 4.69) is 10.3 Å². The Hall–Kier alpha value is -2.42. The minimum atomic E-state index is -4.41. The van der Waals surface area contributed by atoms with E-state index in [9.17, 15) is 23.1 Å². The van der Waals surface area contributed by atoms with Crippen LogP contribution in [0.5, 0.6) is 0 Å². The predicted octanol–water partition coefficient (Wildman–Crippen LogP) is 1.63. The van der Waals surface area contributed by atoms with E-state index in [0.717, 1.165) is 12.1 Å². The van der Waals surface area contributed by atoms with Crippen LogP contribution < -0.4 is 0 Å². The van der Waals surface area contributed by atoms with Crippen molar-refractivity contribution in [3.8, 4) is 0 Å². The number of alkyl halides is 3. The Balaban J connectivity index is 1.78. The Kier molecular flexibility index (Phi) is 4.27. The lowest BCUT2D eigenvalue weighted by atomic mass is 10.0. The molecule has 2 atom stereocenters. The maximum absolute atomic E-state index is 12.7. The van der Waals surface area contributed by atoms with Gasteiger partial charge in [-0.15, -0.1) is 5.10 Å². The number of hydrogen-bond acceptors (Lipinski definition) is 4. The van der Waals surface area contributed by atoms with Gasteiger partial charge in [-0.05, 0) is 24.1 Å². The van der Waals surface area contributed by atoms with Crippen LogP contribution in [-0.4, -0.2) is 43.6 Å². The van der Waals surface area contributed by atoms with Gasteiger partial charge in [0.25, 0.3) is 0 Å². The fourth-order valence-electron chi connectivity index (χ4n) is 2.85. The van der Waals surface area contributed by atoms with E-state index < -0.39 is 23.9 Å². The number of carbonyl (C=O) groups excluding carboxylic acids is 1. The topological polar surface area (TPSA) is 71.2 Å². The average Bonchev–Trinajstić information content (AvgIpc) is 3.16. The number of β-amino-alcohol motifs (C(OH)–C–C–N with tert-alkyl or cyclic N) is 1. The summed E-state index contributed by atoms with van der Waals surface area (Å²) in [4.78, 5) is 13.9. The molecule has 2 aromatic rings. The number of amides is 1. The molecule has 1 aliphatic rings. The number of halogens is 3. The molecule has 0 saturated carbocycles. The highest BCUT2D eigenvalue weighted by Crippen LogP contribution is 2.35. The highest BCUT2D eigenvalue weighted by molar-refractivity contribution is 5.77. The Bertz CT molecular complexity index is 701. The molecule has 1 aromatic carbocycles. The van der Waals surface area contributed by atoms with Crippen LogP contribution >= 0.6 is 0 Å². The number of likely N-dealkylation sites (tertiary alicyclic amines) is 1. The summed E-state index contributed by atoms with van der Waals surface area (Å²) in [5, 5.41) is 17.2. The van der Waals surface area contributed by atoms with Crippen LogP contribution in [0.25, 0.3) is 0 Å². The van der Waals surface area contributed by atoms with Crippen LogP contribution in [0.15, 0.2) is 36.7 Å². The number of nitrogens with zero attached hydrogens (tertiary/aromatic N) is 4. The molecule has 1 aliphatic heterocycles. The SMILES string of the molecule is O=C(Cn1ccnn1)N1C[C@@H](O)C[C@@H]1c1ccc(C(F)(F)F)cc1. The first-order valence-electron chi connectivity index (χ1n) is 7.33. The molecular weight excluding hydrogens is 325 g/mol. The van der Waals surface area contributed by atoms with E-state index in [1.54, 1.807) is 0 Å². The van der Waals surface area contributed by atoms with Crippen molar-refractivity contribution in [2.75, 3.05) is 6.54 Å². The highest BCUT2D eigenvalue weighted by Gasteiger charge is 2.36. The number of benzene rings is 1. The smallest absolute Gasteiger partial charge is 0.391 e. The van der Waals surface area contributed by atoms with E-state index in [1.165, 1.54) is 34.1 Å². The fourth-order valence-corrected chi connectivity index (χ4v) is 2.85. The Morgan fingerprint density at radius 2 is 2.00 bits per heavy atom. The average molecular weight is 340 g/mol. The molecule has 1 amide bonds. The highest BCUT2D eigenvalue weighted by atomic mass is 19.4. The first-order chi connectivity index (χ1) is 11.3. The second-order valence-corrected chi connectivity index (χ2v) is 5.67. The van der Waals surface area contributed by atoms with Crippen molar-refractivity contribution in [3.63, 3.8) is 0 Å². The van der Waals surface area contributed by atoms with Gasteiger partial charge in [-0.25, -0.2) is 4.68 Å². The van der Waals surface area contributed by atoms with E-state index in [4.69, 9.17) is 0 Å². The summed E-state index contributed by atoms with van der Waals surface area (Å²) in [6.07, 6.45) is -1.85. The molecular formula is C15H15F3N4O2. The number of aliphatic hydroxyl groups excluding tert-OH is 1. The third-order valence-corrected chi connectivity index (χ3v) is 3.99. The molecule has 0 spiro atoms. The number of rotatable bonds is 3. The quantitative estimate of drug-likeness (QED) is 0.922. The van der Waals surface area contributed by atoms with Gasteiger partial charge in [0.05, 0.1) is 23.9 Å². The Labute approximate surface area is 135 Å². The van der Waals surface area contributed by atoms with Crippen molar-refractivity contribution in [3.05, 3.63) is 47.8 Å². The lowest BCUT2D eigenvalue weighted by molar-refractivity contribution is -0.137. The molecule has 6 nitrogen and oxygen atoms in total. The van der Waals surface area contributed by atoms with Crippen LogP contribution in [0.4, 0.5) is 13.2 Å². The largest absolute Gasteiger partial charge is 0.416 e. The van der Waals surface area contributed by atoms with Crippen molar-refractivity contribution in [2.24, 2.45) is 0 Å². The molecule has 9 heteroatoms. The maximum Gasteiger partial charge on any atom is 0.416 e. The molecule has 128 valence electrons. The predicted molar refractivity (Wildman–Crippen MR) is 76.5 cm³/mol. The number of carbonyl (C=O) groups is 1. The molecule has 1 aromatic heterocycles. The third-order valence-electron chi connectivity index (χ3n) is 3.99. The molecule has 1 fully saturated rings. The van der Waals surface area contributed by atoms with Gasteiger partial charge in [0.15, 0.2) is 0 Å². The lowest BCUT2D eigenvalue weighted by Crippen LogP contribution is -2.34. The van der Waals surface area contributed by atoms with Crippen LogP contribution in [0.2, 0.25) is 0 Å². The minimum absolute atomic E-state index is 0.0378. The van der Waals surface area contributed by atoms with Crippen molar-refractivity contribution >= 4 is 5.91 Å². The molecule has 2 heterocycles. The molecule has 1 saturated heterocycles. The Morgan fingerprint density at radius 3 is 2.58 bits per heavy atom. The monoisotopic (exact) mass is 340 g/mol. The summed E-state index contributed by atoms with van der Waals surface area (Å²) in [6.45, 7) is 0.100. The van der Waals surface area contributed by atoms with Gasteiger partial charge >= 0.3 is 6.18 Å². The van der Waals surface area contributed by atoms with Crippen molar-refractivity contribution in [2.45, 2.75) is 31.3 Å². The standard InChI is InChI=1S/C15H15F3N4O2/c16-15(17,18)11-3-1-10(2-4-11)13-7-12(23)8-22(13)14(24)9-21-6-5-19-20-21/h1-6,12-13,23H,7-9H2/t12-,13+/m0/s1. The van der Waals surface area contributed by atoms with Crippen molar-refractivity contribution in [1.29, 1.82) is 0 Å². The molecule has 0 bridgehead atoms. The summed E-state index contributed by atoms with van der Waals surface area (Å²) in [6, 6.07) is 4.21. The zero-order valence-corrected chi connectivity index (χ0v) is 12.5.